The molecule has 3 fully saturated rings. The molecule has 0 bridgehead atoms. The number of aromatic nitrogens is 1. The molecule has 15 heteroatoms. The zero-order chi connectivity index (χ0) is 47.9. The van der Waals surface area contributed by atoms with Gasteiger partial charge in [0.1, 0.15) is 23.2 Å². The molecule has 2 amide bonds. The summed E-state index contributed by atoms with van der Waals surface area (Å²) in [6.07, 6.45) is 6.42. The zero-order valence-electron chi connectivity index (χ0n) is 39.8. The van der Waals surface area contributed by atoms with Gasteiger partial charge in [-0.3, -0.25) is 23.9 Å². The van der Waals surface area contributed by atoms with Gasteiger partial charge in [-0.25, -0.2) is 17.8 Å². The SMILES string of the molecule is CC[C@@H]1C[C@H](C)CC/C=C\[C@@H]2C[C@@]2(C(=O)NS(=O)(=O)C2(C)CC2)CC(=O)[C@@H]2C[C@@H](Oc3cc(-c4ccc(OC(C)C)c(F)c4)nc4cc(OC)ccc34)CN2C(=O)[C@H]1CC(=O)OC(C)(C)C. The molecule has 358 valence electrons. The Hall–Kier alpha value is -5.05. The topological polar surface area (TPSA) is 168 Å². The lowest BCUT2D eigenvalue weighted by Gasteiger charge is -2.33. The predicted octanol–water partition coefficient (Wildman–Crippen LogP) is 8.90. The number of fused-ring (bicyclic) bond motifs is 3. The fourth-order valence-electron chi connectivity index (χ4n) is 9.64. The minimum Gasteiger partial charge on any atom is -0.497 e. The van der Waals surface area contributed by atoms with Crippen LogP contribution >= 0.6 is 0 Å². The molecule has 3 aromatic rings. The lowest BCUT2D eigenvalue weighted by atomic mass is 9.79. The first kappa shape index (κ1) is 48.9. The maximum atomic E-state index is 15.4. The molecule has 3 heterocycles. The Kier molecular flexibility index (Phi) is 14.0. The van der Waals surface area contributed by atoms with Gasteiger partial charge in [-0.15, -0.1) is 0 Å². The van der Waals surface area contributed by atoms with E-state index in [0.717, 1.165) is 6.42 Å². The van der Waals surface area contributed by atoms with Crippen molar-refractivity contribution < 1.29 is 50.9 Å². The number of rotatable bonds is 12. The standard InChI is InChI=1S/C51H66FN3O10S/c1-10-32-21-31(4)13-11-12-14-34-27-51(34,48(59)54-66(60,61)50(8)19-20-50)28-43(56)42-24-36(29-55(42)47(58)38(32)25-46(57)65-49(5,6)7)64-45-26-40(53-41-23-35(62-9)16-17-37(41)45)33-15-18-44(39(52)22-33)63-30(2)3/h12,14-18,22-23,26,30-32,34,36,38,42H,10-11,13,19-21,24-25,27-29H2,1-9H3,(H,54,59)/b14-12-/t31-,32-,34-,36-,38+,42+,51-/m1/s1. The second kappa shape index (κ2) is 18.9. The molecule has 7 atom stereocenters. The maximum absolute atomic E-state index is 15.4. The van der Waals surface area contributed by atoms with Gasteiger partial charge >= 0.3 is 5.97 Å². The number of allylic oxidation sites excluding steroid dienone is 2. The van der Waals surface area contributed by atoms with E-state index >= 15 is 14.0 Å². The first-order valence-electron chi connectivity index (χ1n) is 23.5. The largest absolute Gasteiger partial charge is 0.497 e. The van der Waals surface area contributed by atoms with Gasteiger partial charge in [0, 0.05) is 35.9 Å². The van der Waals surface area contributed by atoms with Crippen molar-refractivity contribution in [3.8, 4) is 28.5 Å². The molecule has 2 aliphatic carbocycles. The number of esters is 1. The monoisotopic (exact) mass is 931 g/mol. The molecule has 66 heavy (non-hydrogen) atoms. The van der Waals surface area contributed by atoms with E-state index < -0.39 is 67.3 Å². The van der Waals surface area contributed by atoms with Crippen molar-refractivity contribution in [3.05, 3.63) is 60.4 Å². The van der Waals surface area contributed by atoms with Crippen LogP contribution in [-0.2, 0) is 33.9 Å². The second-order valence-electron chi connectivity index (χ2n) is 20.6. The third-order valence-corrected chi connectivity index (χ3v) is 16.0. The molecule has 1 N–H and O–H groups in total. The third kappa shape index (κ3) is 10.7. The van der Waals surface area contributed by atoms with Gasteiger partial charge < -0.3 is 23.8 Å². The van der Waals surface area contributed by atoms with Crippen LogP contribution in [0.3, 0.4) is 0 Å². The molecule has 1 aromatic heterocycles. The van der Waals surface area contributed by atoms with Crippen LogP contribution in [0.2, 0.25) is 0 Å². The Bertz CT molecular complexity index is 2500. The number of ketones is 1. The lowest BCUT2D eigenvalue weighted by Crippen LogP contribution is -2.48. The van der Waals surface area contributed by atoms with Gasteiger partial charge in [0.05, 0.1) is 59.5 Å². The summed E-state index contributed by atoms with van der Waals surface area (Å²) in [4.78, 5) is 64.5. The number of hydrogen-bond donors (Lipinski definition) is 1. The average Bonchev–Trinajstić information content (AvgIpc) is 4.13. The first-order chi connectivity index (χ1) is 31.0. The summed E-state index contributed by atoms with van der Waals surface area (Å²) in [5, 5.41) is 0.610. The number of pyridine rings is 1. The van der Waals surface area contributed by atoms with Crippen molar-refractivity contribution in [1.29, 1.82) is 0 Å². The van der Waals surface area contributed by atoms with Gasteiger partial charge in [-0.05, 0) is 128 Å². The summed E-state index contributed by atoms with van der Waals surface area (Å²) in [5.74, 6) is -2.79. The van der Waals surface area contributed by atoms with Crippen molar-refractivity contribution in [2.75, 3.05) is 13.7 Å². The molecule has 0 unspecified atom stereocenters. The number of carbonyl (C=O) groups excluding carboxylic acids is 4. The van der Waals surface area contributed by atoms with Gasteiger partial charge in [0.25, 0.3) is 0 Å². The van der Waals surface area contributed by atoms with Crippen LogP contribution < -0.4 is 18.9 Å². The van der Waals surface area contributed by atoms with Gasteiger partial charge in [0.15, 0.2) is 17.3 Å². The molecule has 0 radical (unpaired) electrons. The number of nitrogens with one attached hydrogen (secondary N) is 1. The molecule has 13 nitrogen and oxygen atoms in total. The van der Waals surface area contributed by atoms with Crippen molar-refractivity contribution in [1.82, 2.24) is 14.6 Å². The predicted molar refractivity (Wildman–Crippen MR) is 249 cm³/mol. The van der Waals surface area contributed by atoms with Crippen molar-refractivity contribution in [3.63, 3.8) is 0 Å². The Labute approximate surface area is 388 Å². The van der Waals surface area contributed by atoms with Crippen LogP contribution in [0.15, 0.2) is 54.6 Å². The fraction of sp³-hybridized carbons (Fsp3) is 0.588. The summed E-state index contributed by atoms with van der Waals surface area (Å²) in [7, 11) is -2.47. The minimum atomic E-state index is -4.01. The summed E-state index contributed by atoms with van der Waals surface area (Å²) < 4.78 is 67.3. The Morgan fingerprint density at radius 2 is 1.79 bits per heavy atom. The molecule has 2 aromatic carbocycles. The summed E-state index contributed by atoms with van der Waals surface area (Å²) in [6.45, 7) is 14.7. The van der Waals surface area contributed by atoms with E-state index in [-0.39, 0.29) is 67.7 Å². The number of hydrogen-bond acceptors (Lipinski definition) is 11. The van der Waals surface area contributed by atoms with Crippen molar-refractivity contribution in [2.24, 2.45) is 29.1 Å². The second-order valence-corrected chi connectivity index (χ2v) is 22.8. The van der Waals surface area contributed by atoms with Crippen LogP contribution in [0.4, 0.5) is 4.39 Å². The molecule has 1 saturated heterocycles. The first-order valence-corrected chi connectivity index (χ1v) is 24.9. The highest BCUT2D eigenvalue weighted by Crippen LogP contribution is 2.58. The number of amides is 2. The van der Waals surface area contributed by atoms with Crippen LogP contribution in [-0.4, -0.2) is 84.1 Å². The van der Waals surface area contributed by atoms with Gasteiger partial charge in [0.2, 0.25) is 21.8 Å². The van der Waals surface area contributed by atoms with Crippen LogP contribution in [0.1, 0.15) is 120 Å². The highest BCUT2D eigenvalue weighted by atomic mass is 32.2. The molecule has 2 aliphatic heterocycles. The average molecular weight is 932 g/mol. The fourth-order valence-corrected chi connectivity index (χ4v) is 11.0. The summed E-state index contributed by atoms with van der Waals surface area (Å²) in [6, 6.07) is 10.6. The molecule has 4 aliphatic rings. The number of ether oxygens (including phenoxy) is 4. The molecule has 2 saturated carbocycles. The molecular formula is C51H66FN3O10S. The van der Waals surface area contributed by atoms with Crippen LogP contribution in [0, 0.1) is 34.9 Å². The van der Waals surface area contributed by atoms with E-state index in [0.29, 0.717) is 65.8 Å². The number of nitrogens with zero attached hydrogens (tertiary/aromatic N) is 2. The van der Waals surface area contributed by atoms with E-state index in [2.05, 4.69) is 11.6 Å². The summed E-state index contributed by atoms with van der Waals surface area (Å²) in [5.41, 5.74) is -0.764. The van der Waals surface area contributed by atoms with Gasteiger partial charge in [-0.2, -0.15) is 0 Å². The van der Waals surface area contributed by atoms with Crippen LogP contribution in [0.25, 0.3) is 22.2 Å². The Morgan fingerprint density at radius 1 is 1.05 bits per heavy atom. The molecular weight excluding hydrogens is 866 g/mol. The number of carbonyl (C=O) groups is 4. The Morgan fingerprint density at radius 3 is 2.44 bits per heavy atom. The van der Waals surface area contributed by atoms with E-state index in [1.165, 1.54) is 11.0 Å². The molecule has 0 spiro atoms. The van der Waals surface area contributed by atoms with Crippen LogP contribution in [0.5, 0.6) is 17.2 Å². The van der Waals surface area contributed by atoms with Crippen molar-refractivity contribution >= 4 is 44.5 Å². The van der Waals surface area contributed by atoms with E-state index in [9.17, 15) is 18.0 Å². The number of methoxy groups -OCH3 is 1. The Balaban J connectivity index is 1.28. The highest BCUT2D eigenvalue weighted by Gasteiger charge is 2.63. The summed E-state index contributed by atoms with van der Waals surface area (Å²) >= 11 is 0. The normalized spacial score (nSPS) is 27.2. The zero-order valence-corrected chi connectivity index (χ0v) is 40.6. The van der Waals surface area contributed by atoms with E-state index in [1.54, 1.807) is 71.2 Å². The number of benzene rings is 2. The van der Waals surface area contributed by atoms with Gasteiger partial charge in [-0.1, -0.05) is 32.4 Å². The van der Waals surface area contributed by atoms with E-state index in [1.807, 2.05) is 32.9 Å². The third-order valence-electron chi connectivity index (χ3n) is 13.8. The highest BCUT2D eigenvalue weighted by molar-refractivity contribution is 7.91. The van der Waals surface area contributed by atoms with Crippen molar-refractivity contribution in [2.45, 2.75) is 148 Å². The number of Topliss-reactive ketones (excluding diaryl/α,β-unsaturated/α-hetero) is 1. The van der Waals surface area contributed by atoms with E-state index in [4.69, 9.17) is 23.9 Å². The smallest absolute Gasteiger partial charge is 0.307 e. The quantitative estimate of drug-likeness (QED) is 0.136. The molecule has 7 rings (SSSR count). The number of halogens is 1. The maximum Gasteiger partial charge on any atom is 0.307 e. The lowest BCUT2D eigenvalue weighted by molar-refractivity contribution is -0.160. The number of sulfonamides is 1. The minimum absolute atomic E-state index is 0.0214.